The van der Waals surface area contributed by atoms with Crippen molar-refractivity contribution in [3.05, 3.63) is 52.5 Å². The molecule has 0 spiro atoms. The van der Waals surface area contributed by atoms with E-state index < -0.39 is 0 Å². The van der Waals surface area contributed by atoms with Gasteiger partial charge in [-0.05, 0) is 71.7 Å². The minimum atomic E-state index is 0.00539. The quantitative estimate of drug-likeness (QED) is 0.864. The van der Waals surface area contributed by atoms with Crippen LogP contribution in [0.2, 0.25) is 0 Å². The first kappa shape index (κ1) is 14.9. The van der Waals surface area contributed by atoms with Crippen molar-refractivity contribution in [1.82, 2.24) is 0 Å². The van der Waals surface area contributed by atoms with Crippen LogP contribution >= 0.6 is 15.9 Å². The Morgan fingerprint density at radius 3 is 2.30 bits per heavy atom. The molecule has 0 aliphatic rings. The summed E-state index contributed by atoms with van der Waals surface area (Å²) in [6, 6.07) is 13.4. The molecule has 3 nitrogen and oxygen atoms in total. The van der Waals surface area contributed by atoms with Crippen LogP contribution in [0.3, 0.4) is 0 Å². The van der Waals surface area contributed by atoms with E-state index in [-0.39, 0.29) is 6.04 Å². The smallest absolute Gasteiger partial charge is 0.141 e. The van der Waals surface area contributed by atoms with Gasteiger partial charge >= 0.3 is 0 Å². The third-order valence-electron chi connectivity index (χ3n) is 2.84. The lowest BCUT2D eigenvalue weighted by Gasteiger charge is -2.11. The summed E-state index contributed by atoms with van der Waals surface area (Å²) < 4.78 is 12.1. The summed E-state index contributed by atoms with van der Waals surface area (Å²) in [4.78, 5) is 0. The van der Waals surface area contributed by atoms with Crippen molar-refractivity contribution in [1.29, 1.82) is 0 Å². The highest BCUT2D eigenvalue weighted by molar-refractivity contribution is 9.10. The summed E-state index contributed by atoms with van der Waals surface area (Å²) in [6.07, 6.45) is 0. The fourth-order valence-corrected chi connectivity index (χ4v) is 2.26. The van der Waals surface area contributed by atoms with Gasteiger partial charge in [-0.2, -0.15) is 0 Å². The zero-order valence-electron chi connectivity index (χ0n) is 11.6. The molecule has 0 amide bonds. The van der Waals surface area contributed by atoms with E-state index in [1.54, 1.807) is 0 Å². The van der Waals surface area contributed by atoms with Gasteiger partial charge in [0.05, 0.1) is 11.1 Å². The highest BCUT2D eigenvalue weighted by Gasteiger charge is 2.06. The molecule has 2 rings (SSSR count). The summed E-state index contributed by atoms with van der Waals surface area (Å²) >= 11 is 3.51. The van der Waals surface area contributed by atoms with Gasteiger partial charge in [-0.3, -0.25) is 0 Å². The van der Waals surface area contributed by atoms with Crippen molar-refractivity contribution in [2.24, 2.45) is 5.73 Å². The predicted octanol–water partition coefficient (Wildman–Crippen LogP) is 4.66. The van der Waals surface area contributed by atoms with E-state index in [1.165, 1.54) is 0 Å². The van der Waals surface area contributed by atoms with Crippen LogP contribution in [0, 0.1) is 0 Å². The predicted molar refractivity (Wildman–Crippen MR) is 84.4 cm³/mol. The maximum absolute atomic E-state index is 5.85. The van der Waals surface area contributed by atoms with Gasteiger partial charge in [0, 0.05) is 6.04 Å². The second-order valence-corrected chi connectivity index (χ2v) is 5.34. The monoisotopic (exact) mass is 335 g/mol. The Bertz CT molecular complexity index is 567. The highest BCUT2D eigenvalue weighted by Crippen LogP contribution is 2.32. The number of ether oxygens (including phenoxy) is 2. The summed E-state index contributed by atoms with van der Waals surface area (Å²) in [5.74, 6) is 2.37. The van der Waals surface area contributed by atoms with Gasteiger partial charge in [-0.15, -0.1) is 0 Å². The molecule has 0 saturated heterocycles. The van der Waals surface area contributed by atoms with E-state index in [9.17, 15) is 0 Å². The summed E-state index contributed by atoms with van der Waals surface area (Å²) in [5, 5.41) is 0. The van der Waals surface area contributed by atoms with E-state index >= 15 is 0 Å². The number of benzene rings is 2. The van der Waals surface area contributed by atoms with Crippen molar-refractivity contribution >= 4 is 15.9 Å². The minimum absolute atomic E-state index is 0.00539. The van der Waals surface area contributed by atoms with Gasteiger partial charge in [-0.1, -0.05) is 6.07 Å². The molecule has 0 bridgehead atoms. The lowest BCUT2D eigenvalue weighted by molar-refractivity contribution is 0.339. The maximum Gasteiger partial charge on any atom is 0.141 e. The van der Waals surface area contributed by atoms with Crippen molar-refractivity contribution in [2.45, 2.75) is 19.9 Å². The topological polar surface area (TPSA) is 44.5 Å². The fourth-order valence-electron chi connectivity index (χ4n) is 1.78. The van der Waals surface area contributed by atoms with E-state index in [2.05, 4.69) is 15.9 Å². The van der Waals surface area contributed by atoms with E-state index in [0.29, 0.717) is 6.61 Å². The second-order valence-electron chi connectivity index (χ2n) is 4.49. The molecule has 0 aliphatic heterocycles. The molecule has 4 heteroatoms. The number of hydrogen-bond donors (Lipinski definition) is 1. The zero-order chi connectivity index (χ0) is 14.5. The maximum atomic E-state index is 5.85. The van der Waals surface area contributed by atoms with E-state index in [1.807, 2.05) is 56.3 Å². The van der Waals surface area contributed by atoms with Crippen LogP contribution in [-0.4, -0.2) is 6.61 Å². The van der Waals surface area contributed by atoms with Crippen molar-refractivity contribution in [2.75, 3.05) is 6.61 Å². The number of rotatable bonds is 5. The minimum Gasteiger partial charge on any atom is -0.494 e. The molecule has 0 radical (unpaired) electrons. The summed E-state index contributed by atoms with van der Waals surface area (Å²) in [5.41, 5.74) is 6.92. The molecule has 2 aromatic rings. The summed E-state index contributed by atoms with van der Waals surface area (Å²) in [6.45, 7) is 4.57. The molecular formula is C16H18BrNO2. The zero-order valence-corrected chi connectivity index (χ0v) is 13.2. The number of hydrogen-bond acceptors (Lipinski definition) is 3. The van der Waals surface area contributed by atoms with Gasteiger partial charge < -0.3 is 15.2 Å². The molecule has 0 fully saturated rings. The molecule has 0 saturated carbocycles. The Kier molecular flexibility index (Phi) is 5.04. The Balaban J connectivity index is 2.13. The molecule has 2 aromatic carbocycles. The number of halogens is 1. The largest absolute Gasteiger partial charge is 0.494 e. The Hall–Kier alpha value is -1.52. The van der Waals surface area contributed by atoms with Gasteiger partial charge in [-0.25, -0.2) is 0 Å². The van der Waals surface area contributed by atoms with E-state index in [4.69, 9.17) is 15.2 Å². The Morgan fingerprint density at radius 1 is 1.10 bits per heavy atom. The van der Waals surface area contributed by atoms with Crippen molar-refractivity contribution < 1.29 is 9.47 Å². The van der Waals surface area contributed by atoms with Crippen LogP contribution < -0.4 is 15.2 Å². The average molecular weight is 336 g/mol. The third-order valence-corrected chi connectivity index (χ3v) is 3.46. The lowest BCUT2D eigenvalue weighted by atomic mass is 10.1. The summed E-state index contributed by atoms with van der Waals surface area (Å²) in [7, 11) is 0. The first-order chi connectivity index (χ1) is 9.60. The third kappa shape index (κ3) is 3.74. The molecular weight excluding hydrogens is 318 g/mol. The fraction of sp³-hybridized carbons (Fsp3) is 0.250. The molecule has 0 unspecified atom stereocenters. The van der Waals surface area contributed by atoms with Crippen molar-refractivity contribution in [3.8, 4) is 17.2 Å². The first-order valence-corrected chi connectivity index (χ1v) is 7.35. The van der Waals surface area contributed by atoms with Crippen LogP contribution in [0.25, 0.3) is 0 Å². The average Bonchev–Trinajstić information content (AvgIpc) is 2.43. The molecule has 0 aromatic heterocycles. The molecule has 0 heterocycles. The van der Waals surface area contributed by atoms with Gasteiger partial charge in [0.15, 0.2) is 0 Å². The van der Waals surface area contributed by atoms with Gasteiger partial charge in [0.1, 0.15) is 17.2 Å². The first-order valence-electron chi connectivity index (χ1n) is 6.56. The molecule has 1 atom stereocenters. The van der Waals surface area contributed by atoms with E-state index in [0.717, 1.165) is 27.3 Å². The lowest BCUT2D eigenvalue weighted by Crippen LogP contribution is -2.04. The van der Waals surface area contributed by atoms with Gasteiger partial charge in [0.25, 0.3) is 0 Å². The highest BCUT2D eigenvalue weighted by atomic mass is 79.9. The van der Waals surface area contributed by atoms with Crippen LogP contribution in [0.4, 0.5) is 0 Å². The normalized spacial score (nSPS) is 12.0. The molecule has 106 valence electrons. The Morgan fingerprint density at radius 2 is 1.75 bits per heavy atom. The van der Waals surface area contributed by atoms with Gasteiger partial charge in [0.2, 0.25) is 0 Å². The molecule has 0 aliphatic carbocycles. The number of nitrogens with two attached hydrogens (primary N) is 1. The van der Waals surface area contributed by atoms with Crippen LogP contribution in [-0.2, 0) is 0 Å². The van der Waals surface area contributed by atoms with Crippen LogP contribution in [0.15, 0.2) is 46.9 Å². The second kappa shape index (κ2) is 6.77. The standard InChI is InChI=1S/C16H18BrNO2/c1-3-19-13-5-7-14(8-6-13)20-16-9-4-12(11(2)18)10-15(16)17/h4-11H,3,18H2,1-2H3/t11-/m0/s1. The van der Waals surface area contributed by atoms with Crippen LogP contribution in [0.5, 0.6) is 17.2 Å². The molecule has 2 N–H and O–H groups in total. The van der Waals surface area contributed by atoms with Crippen molar-refractivity contribution in [3.63, 3.8) is 0 Å². The SMILES string of the molecule is CCOc1ccc(Oc2ccc([C@H](C)N)cc2Br)cc1. The van der Waals surface area contributed by atoms with Crippen LogP contribution in [0.1, 0.15) is 25.5 Å². The molecule has 20 heavy (non-hydrogen) atoms. The Labute approximate surface area is 127 Å².